The smallest absolute Gasteiger partial charge is 0.354 e. The molecule has 130 valence electrons. The Hall–Kier alpha value is -1.57. The van der Waals surface area contributed by atoms with E-state index >= 15 is 0 Å². The molecule has 5 nitrogen and oxygen atoms in total. The lowest BCUT2D eigenvalue weighted by Gasteiger charge is -2.30. The van der Waals surface area contributed by atoms with Gasteiger partial charge in [0.05, 0.1) is 12.1 Å². The van der Waals surface area contributed by atoms with Gasteiger partial charge in [0.2, 0.25) is 5.91 Å². The van der Waals surface area contributed by atoms with Gasteiger partial charge in [0.15, 0.2) is 0 Å². The normalized spacial score (nSPS) is 23.5. The topological polar surface area (TPSA) is 59.0 Å². The summed E-state index contributed by atoms with van der Waals surface area (Å²) >= 11 is 0. The number of rotatable bonds is 5. The van der Waals surface area contributed by atoms with Crippen LogP contribution >= 0.6 is 0 Å². The monoisotopic (exact) mass is 332 g/mol. The molecule has 8 heteroatoms. The Morgan fingerprint density at radius 3 is 2.52 bits per heavy atom. The van der Waals surface area contributed by atoms with Gasteiger partial charge >= 0.3 is 6.18 Å². The van der Waals surface area contributed by atoms with E-state index in [0.717, 1.165) is 5.56 Å². The van der Waals surface area contributed by atoms with Crippen molar-refractivity contribution in [3.63, 3.8) is 0 Å². The summed E-state index contributed by atoms with van der Waals surface area (Å²) in [6.07, 6.45) is 0.601. The lowest BCUT2D eigenvalue weighted by atomic mass is 9.81. The maximum absolute atomic E-state index is 12.6. The van der Waals surface area contributed by atoms with E-state index in [-0.39, 0.29) is 24.7 Å². The lowest BCUT2D eigenvalue weighted by Crippen LogP contribution is -2.39. The highest BCUT2D eigenvalue weighted by Crippen LogP contribution is 2.39. The fraction of sp³-hybridized carbons (Fsp3) is 0.733. The third-order valence-corrected chi connectivity index (χ3v) is 4.48. The highest BCUT2D eigenvalue weighted by molar-refractivity contribution is 5.83. The molecule has 0 saturated heterocycles. The predicted molar refractivity (Wildman–Crippen MR) is 79.5 cm³/mol. The number of aryl methyl sites for hydroxylation is 1. The number of nitrogens with zero attached hydrogens (tertiary/aromatic N) is 2. The first-order chi connectivity index (χ1) is 10.8. The molecule has 23 heavy (non-hydrogen) atoms. The Balaban J connectivity index is 1.80. The number of aromatic nitrogens is 2. The molecule has 1 unspecified atom stereocenters. The van der Waals surface area contributed by atoms with E-state index in [1.165, 1.54) is 0 Å². The molecule has 0 spiro atoms. The van der Waals surface area contributed by atoms with Gasteiger partial charge in [0, 0.05) is 25.4 Å². The molecular weight excluding hydrogens is 309 g/mol. The van der Waals surface area contributed by atoms with Gasteiger partial charge < -0.3 is 10.6 Å². The first-order valence-electron chi connectivity index (χ1n) is 7.81. The van der Waals surface area contributed by atoms with Gasteiger partial charge in [0.25, 0.3) is 0 Å². The largest absolute Gasteiger partial charge is 0.391 e. The minimum absolute atomic E-state index is 0.115. The molecule has 1 aromatic heterocycles. The van der Waals surface area contributed by atoms with Crippen LogP contribution in [0.25, 0.3) is 0 Å². The van der Waals surface area contributed by atoms with E-state index < -0.39 is 18.1 Å². The number of carbonyl (C=O) groups is 1. The molecular formula is C15H23F3N4O. The summed E-state index contributed by atoms with van der Waals surface area (Å²) in [5.74, 6) is -1.25. The molecule has 1 amide bonds. The highest BCUT2D eigenvalue weighted by Gasteiger charge is 2.41. The van der Waals surface area contributed by atoms with Crippen molar-refractivity contribution in [3.05, 3.63) is 18.0 Å². The zero-order valence-electron chi connectivity index (χ0n) is 13.4. The molecule has 1 heterocycles. The number of nitrogens with one attached hydrogen (secondary N) is 2. The van der Waals surface area contributed by atoms with E-state index in [0.29, 0.717) is 19.4 Å². The van der Waals surface area contributed by atoms with Gasteiger partial charge in [-0.3, -0.25) is 9.48 Å². The number of likely N-dealkylation sites (N-methyl/N-ethyl adjacent to an activating group) is 1. The van der Waals surface area contributed by atoms with Gasteiger partial charge in [-0.15, -0.1) is 0 Å². The van der Waals surface area contributed by atoms with Gasteiger partial charge in [-0.2, -0.15) is 18.3 Å². The van der Waals surface area contributed by atoms with Crippen LogP contribution in [0.15, 0.2) is 12.4 Å². The molecule has 1 aromatic rings. The maximum Gasteiger partial charge on any atom is 0.391 e. The summed E-state index contributed by atoms with van der Waals surface area (Å²) in [5, 5.41) is 9.82. The fourth-order valence-electron chi connectivity index (χ4n) is 3.08. The van der Waals surface area contributed by atoms with Gasteiger partial charge in [-0.05, 0) is 38.6 Å². The van der Waals surface area contributed by atoms with Gasteiger partial charge in [-0.1, -0.05) is 0 Å². The summed E-state index contributed by atoms with van der Waals surface area (Å²) in [7, 11) is 3.46. The molecule has 1 fully saturated rings. The van der Waals surface area contributed by atoms with Crippen LogP contribution in [0.2, 0.25) is 0 Å². The standard InChI is InChI=1S/C15H23F3N4O/c1-19-13(11-8-21-22(2)9-11)14(23)20-7-10-3-5-12(6-4-10)15(16,17)18/h8-10,12-13,19H,3-7H2,1-2H3,(H,20,23). The van der Waals surface area contributed by atoms with Crippen LogP contribution < -0.4 is 10.6 Å². The van der Waals surface area contributed by atoms with Gasteiger partial charge in [0.1, 0.15) is 6.04 Å². The molecule has 0 bridgehead atoms. The van der Waals surface area contributed by atoms with Crippen LogP contribution in [0.5, 0.6) is 0 Å². The lowest BCUT2D eigenvalue weighted by molar-refractivity contribution is -0.183. The molecule has 0 aliphatic heterocycles. The zero-order valence-corrected chi connectivity index (χ0v) is 13.4. The first-order valence-corrected chi connectivity index (χ1v) is 7.81. The maximum atomic E-state index is 12.6. The number of alkyl halides is 3. The predicted octanol–water partition coefficient (Wildman–Crippen LogP) is 2.17. The molecule has 2 rings (SSSR count). The third kappa shape index (κ3) is 4.70. The fourth-order valence-corrected chi connectivity index (χ4v) is 3.08. The number of hydrogen-bond acceptors (Lipinski definition) is 3. The summed E-state index contributed by atoms with van der Waals surface area (Å²) in [5.41, 5.74) is 0.758. The summed E-state index contributed by atoms with van der Waals surface area (Å²) in [6.45, 7) is 0.419. The van der Waals surface area contributed by atoms with Crippen molar-refractivity contribution in [3.8, 4) is 0 Å². The Morgan fingerprint density at radius 2 is 2.04 bits per heavy atom. The Labute approximate surface area is 133 Å². The van der Waals surface area contributed by atoms with Crippen molar-refractivity contribution in [1.82, 2.24) is 20.4 Å². The minimum Gasteiger partial charge on any atom is -0.354 e. The van der Waals surface area contributed by atoms with E-state index in [9.17, 15) is 18.0 Å². The summed E-state index contributed by atoms with van der Waals surface area (Å²) in [6, 6.07) is -0.504. The Bertz CT molecular complexity index is 521. The minimum atomic E-state index is -4.09. The molecule has 1 aliphatic carbocycles. The van der Waals surface area contributed by atoms with Crippen molar-refractivity contribution in [1.29, 1.82) is 0 Å². The van der Waals surface area contributed by atoms with E-state index in [1.54, 1.807) is 31.2 Å². The quantitative estimate of drug-likeness (QED) is 0.869. The first kappa shape index (κ1) is 17.8. The van der Waals surface area contributed by atoms with Crippen LogP contribution in [-0.2, 0) is 11.8 Å². The molecule has 1 aliphatic rings. The second-order valence-corrected chi connectivity index (χ2v) is 6.17. The average molecular weight is 332 g/mol. The van der Waals surface area contributed by atoms with Gasteiger partial charge in [-0.25, -0.2) is 0 Å². The van der Waals surface area contributed by atoms with Crippen LogP contribution in [0, 0.1) is 11.8 Å². The summed E-state index contributed by atoms with van der Waals surface area (Å²) < 4.78 is 39.5. The molecule has 0 aromatic carbocycles. The third-order valence-electron chi connectivity index (χ3n) is 4.48. The molecule has 0 radical (unpaired) electrons. The SMILES string of the molecule is CNC(C(=O)NCC1CCC(C(F)(F)F)CC1)c1cnn(C)c1. The van der Waals surface area contributed by atoms with Crippen molar-refractivity contribution in [2.24, 2.45) is 18.9 Å². The van der Waals surface area contributed by atoms with Crippen molar-refractivity contribution in [2.75, 3.05) is 13.6 Å². The molecule has 2 N–H and O–H groups in total. The van der Waals surface area contributed by atoms with Crippen molar-refractivity contribution >= 4 is 5.91 Å². The van der Waals surface area contributed by atoms with E-state index in [2.05, 4.69) is 15.7 Å². The number of carbonyl (C=O) groups excluding carboxylic acids is 1. The van der Waals surface area contributed by atoms with Crippen LogP contribution in [0.1, 0.15) is 37.3 Å². The summed E-state index contributed by atoms with van der Waals surface area (Å²) in [4.78, 5) is 12.3. The van der Waals surface area contributed by atoms with Crippen molar-refractivity contribution < 1.29 is 18.0 Å². The van der Waals surface area contributed by atoms with Crippen molar-refractivity contribution in [2.45, 2.75) is 37.9 Å². The van der Waals surface area contributed by atoms with Crippen LogP contribution in [0.4, 0.5) is 13.2 Å². The number of amides is 1. The van der Waals surface area contributed by atoms with E-state index in [4.69, 9.17) is 0 Å². The molecule has 1 atom stereocenters. The molecule has 1 saturated carbocycles. The van der Waals surface area contributed by atoms with Crippen LogP contribution in [0.3, 0.4) is 0 Å². The zero-order chi connectivity index (χ0) is 17.0. The number of hydrogen-bond donors (Lipinski definition) is 2. The second-order valence-electron chi connectivity index (χ2n) is 6.17. The number of halogens is 3. The average Bonchev–Trinajstić information content (AvgIpc) is 2.91. The highest BCUT2D eigenvalue weighted by atomic mass is 19.4. The van der Waals surface area contributed by atoms with E-state index in [1.807, 2.05) is 0 Å². The Morgan fingerprint density at radius 1 is 1.39 bits per heavy atom. The Kier molecular flexibility index (Phi) is 5.67. The second kappa shape index (κ2) is 7.33. The van der Waals surface area contributed by atoms with Crippen LogP contribution in [-0.4, -0.2) is 35.5 Å².